The van der Waals surface area contributed by atoms with Crippen molar-refractivity contribution in [1.82, 2.24) is 4.90 Å². The SMILES string of the molecule is COc1ccccc1N1CC(=O)N(C)C(C(=O)O)C1. The van der Waals surface area contributed by atoms with E-state index in [0.717, 1.165) is 5.69 Å². The van der Waals surface area contributed by atoms with Gasteiger partial charge >= 0.3 is 5.97 Å². The van der Waals surface area contributed by atoms with Gasteiger partial charge in [0, 0.05) is 13.6 Å². The summed E-state index contributed by atoms with van der Waals surface area (Å²) in [5, 5.41) is 9.17. The molecular formula is C13H16N2O4. The van der Waals surface area contributed by atoms with Crippen LogP contribution in [0.4, 0.5) is 5.69 Å². The quantitative estimate of drug-likeness (QED) is 0.857. The minimum absolute atomic E-state index is 0.153. The number of aliphatic carboxylic acids is 1. The van der Waals surface area contributed by atoms with Gasteiger partial charge in [-0.1, -0.05) is 12.1 Å². The lowest BCUT2D eigenvalue weighted by molar-refractivity contribution is -0.149. The molecule has 6 heteroatoms. The molecule has 0 spiro atoms. The van der Waals surface area contributed by atoms with Gasteiger partial charge in [0.2, 0.25) is 5.91 Å². The van der Waals surface area contributed by atoms with Gasteiger partial charge in [0.05, 0.1) is 19.3 Å². The van der Waals surface area contributed by atoms with E-state index in [1.807, 2.05) is 18.2 Å². The van der Waals surface area contributed by atoms with E-state index >= 15 is 0 Å². The Bertz CT molecular complexity index is 503. The fourth-order valence-electron chi connectivity index (χ4n) is 2.16. The summed E-state index contributed by atoms with van der Waals surface area (Å²) >= 11 is 0. The number of hydrogen-bond donors (Lipinski definition) is 1. The van der Waals surface area contributed by atoms with E-state index in [4.69, 9.17) is 9.84 Å². The van der Waals surface area contributed by atoms with Crippen molar-refractivity contribution in [3.05, 3.63) is 24.3 Å². The molecule has 0 saturated carbocycles. The zero-order chi connectivity index (χ0) is 14.0. The van der Waals surface area contributed by atoms with Crippen LogP contribution in [0.2, 0.25) is 0 Å². The molecule has 1 saturated heterocycles. The second-order valence-electron chi connectivity index (χ2n) is 4.41. The van der Waals surface area contributed by atoms with Gasteiger partial charge in [0.25, 0.3) is 0 Å². The van der Waals surface area contributed by atoms with Crippen LogP contribution in [0, 0.1) is 0 Å². The second kappa shape index (κ2) is 5.17. The number of carboxylic acids is 1. The van der Waals surface area contributed by atoms with E-state index in [0.29, 0.717) is 5.75 Å². The molecule has 1 heterocycles. The predicted molar refractivity (Wildman–Crippen MR) is 69.4 cm³/mol. The largest absolute Gasteiger partial charge is 0.495 e. The van der Waals surface area contributed by atoms with Crippen molar-refractivity contribution >= 4 is 17.6 Å². The third kappa shape index (κ3) is 2.47. The number of nitrogens with zero attached hydrogens (tertiary/aromatic N) is 2. The Hall–Kier alpha value is -2.24. The molecule has 1 N–H and O–H groups in total. The van der Waals surface area contributed by atoms with Crippen LogP contribution in [-0.2, 0) is 9.59 Å². The molecule has 2 rings (SSSR count). The molecule has 0 radical (unpaired) electrons. The van der Waals surface area contributed by atoms with Gasteiger partial charge in [0.1, 0.15) is 11.8 Å². The number of para-hydroxylation sites is 2. The van der Waals surface area contributed by atoms with Crippen molar-refractivity contribution in [1.29, 1.82) is 0 Å². The van der Waals surface area contributed by atoms with Crippen molar-refractivity contribution in [3.8, 4) is 5.75 Å². The Morgan fingerprint density at radius 1 is 1.42 bits per heavy atom. The average Bonchev–Trinajstić information content (AvgIpc) is 2.41. The van der Waals surface area contributed by atoms with E-state index in [1.165, 1.54) is 11.9 Å². The molecule has 1 unspecified atom stereocenters. The van der Waals surface area contributed by atoms with Crippen LogP contribution >= 0.6 is 0 Å². The van der Waals surface area contributed by atoms with E-state index in [-0.39, 0.29) is 19.0 Å². The normalized spacial score (nSPS) is 19.5. The number of hydrogen-bond acceptors (Lipinski definition) is 4. The fraction of sp³-hybridized carbons (Fsp3) is 0.385. The first-order chi connectivity index (χ1) is 9.04. The molecular weight excluding hydrogens is 248 g/mol. The number of piperazine rings is 1. The van der Waals surface area contributed by atoms with E-state index in [1.54, 1.807) is 18.1 Å². The molecule has 1 aromatic rings. The summed E-state index contributed by atoms with van der Waals surface area (Å²) in [4.78, 5) is 26.1. The highest BCUT2D eigenvalue weighted by molar-refractivity contribution is 5.89. The van der Waals surface area contributed by atoms with Crippen molar-refractivity contribution in [3.63, 3.8) is 0 Å². The number of carboxylic acid groups (broad SMARTS) is 1. The van der Waals surface area contributed by atoms with Crippen LogP contribution in [0.3, 0.4) is 0 Å². The number of likely N-dealkylation sites (N-methyl/N-ethyl adjacent to an activating group) is 1. The van der Waals surface area contributed by atoms with Crippen molar-refractivity contribution < 1.29 is 19.4 Å². The van der Waals surface area contributed by atoms with Gasteiger partial charge in [-0.15, -0.1) is 0 Å². The summed E-state index contributed by atoms with van der Waals surface area (Å²) in [5.74, 6) is -0.594. The lowest BCUT2D eigenvalue weighted by atomic mass is 10.1. The zero-order valence-electron chi connectivity index (χ0n) is 10.9. The molecule has 0 bridgehead atoms. The summed E-state index contributed by atoms with van der Waals surface area (Å²) < 4.78 is 5.24. The van der Waals surface area contributed by atoms with Crippen molar-refractivity contribution in [2.45, 2.75) is 6.04 Å². The van der Waals surface area contributed by atoms with Gasteiger partial charge < -0.3 is 19.6 Å². The standard InChI is InChI=1S/C13H16N2O4/c1-14-10(13(17)18)7-15(8-12(14)16)9-5-3-4-6-11(9)19-2/h3-6,10H,7-8H2,1-2H3,(H,17,18). The number of benzene rings is 1. The maximum atomic E-state index is 11.9. The summed E-state index contributed by atoms with van der Waals surface area (Å²) in [6.45, 7) is 0.401. The number of amides is 1. The summed E-state index contributed by atoms with van der Waals surface area (Å²) in [7, 11) is 3.06. The van der Waals surface area contributed by atoms with Crippen molar-refractivity contribution in [2.24, 2.45) is 0 Å². The van der Waals surface area contributed by atoms with E-state index in [2.05, 4.69) is 0 Å². The molecule has 102 valence electrons. The Kier molecular flexibility index (Phi) is 3.59. The van der Waals surface area contributed by atoms with Crippen LogP contribution in [0.1, 0.15) is 0 Å². The molecule has 1 aliphatic rings. The monoisotopic (exact) mass is 264 g/mol. The lowest BCUT2D eigenvalue weighted by Crippen LogP contribution is -2.58. The molecule has 0 aromatic heterocycles. The van der Waals surface area contributed by atoms with Gasteiger partial charge in [0.15, 0.2) is 0 Å². The highest BCUT2D eigenvalue weighted by atomic mass is 16.5. The lowest BCUT2D eigenvalue weighted by Gasteiger charge is -2.38. The molecule has 6 nitrogen and oxygen atoms in total. The highest BCUT2D eigenvalue weighted by Gasteiger charge is 2.35. The molecule has 1 fully saturated rings. The number of rotatable bonds is 3. The van der Waals surface area contributed by atoms with Gasteiger partial charge in [-0.25, -0.2) is 4.79 Å². The Morgan fingerprint density at radius 3 is 2.74 bits per heavy atom. The van der Waals surface area contributed by atoms with Gasteiger partial charge in [-0.2, -0.15) is 0 Å². The van der Waals surface area contributed by atoms with Gasteiger partial charge in [-0.3, -0.25) is 4.79 Å². The molecule has 0 aliphatic carbocycles. The average molecular weight is 264 g/mol. The van der Waals surface area contributed by atoms with Crippen LogP contribution in [0.25, 0.3) is 0 Å². The van der Waals surface area contributed by atoms with E-state index < -0.39 is 12.0 Å². The maximum Gasteiger partial charge on any atom is 0.328 e. The molecule has 1 aromatic carbocycles. The summed E-state index contributed by atoms with van der Waals surface area (Å²) in [6.07, 6.45) is 0. The predicted octanol–water partition coefficient (Wildman–Crippen LogP) is 0.427. The molecule has 1 aliphatic heterocycles. The summed E-state index contributed by atoms with van der Waals surface area (Å²) in [5.41, 5.74) is 0.734. The first-order valence-electron chi connectivity index (χ1n) is 5.91. The van der Waals surface area contributed by atoms with Crippen LogP contribution in [0.5, 0.6) is 5.75 Å². The number of ether oxygens (including phenoxy) is 1. The minimum atomic E-state index is -1.00. The van der Waals surface area contributed by atoms with Crippen molar-refractivity contribution in [2.75, 3.05) is 32.1 Å². The molecule has 1 atom stereocenters. The highest BCUT2D eigenvalue weighted by Crippen LogP contribution is 2.29. The Labute approximate surface area is 111 Å². The Balaban J connectivity index is 2.30. The first-order valence-corrected chi connectivity index (χ1v) is 5.91. The number of methoxy groups -OCH3 is 1. The Morgan fingerprint density at radius 2 is 2.11 bits per heavy atom. The molecule has 19 heavy (non-hydrogen) atoms. The number of carbonyl (C=O) groups is 2. The zero-order valence-corrected chi connectivity index (χ0v) is 10.9. The van der Waals surface area contributed by atoms with Crippen LogP contribution in [-0.4, -0.2) is 55.2 Å². The number of carbonyl (C=O) groups excluding carboxylic acids is 1. The summed E-state index contributed by atoms with van der Waals surface area (Å²) in [6, 6.07) is 6.42. The minimum Gasteiger partial charge on any atom is -0.495 e. The first kappa shape index (κ1) is 13.2. The maximum absolute atomic E-state index is 11.9. The topological polar surface area (TPSA) is 70.1 Å². The second-order valence-corrected chi connectivity index (χ2v) is 4.41. The van der Waals surface area contributed by atoms with Gasteiger partial charge in [-0.05, 0) is 12.1 Å². The smallest absolute Gasteiger partial charge is 0.328 e. The van der Waals surface area contributed by atoms with Crippen LogP contribution in [0.15, 0.2) is 24.3 Å². The number of anilines is 1. The molecule has 1 amide bonds. The third-order valence-electron chi connectivity index (χ3n) is 3.29. The van der Waals surface area contributed by atoms with E-state index in [9.17, 15) is 9.59 Å². The fourth-order valence-corrected chi connectivity index (χ4v) is 2.16. The third-order valence-corrected chi connectivity index (χ3v) is 3.29. The van der Waals surface area contributed by atoms with Crippen LogP contribution < -0.4 is 9.64 Å².